The molecule has 0 spiro atoms. The van der Waals surface area contributed by atoms with Crippen molar-refractivity contribution < 1.29 is 17.6 Å². The number of nitrogens with zero attached hydrogens (tertiary/aromatic N) is 3. The molecule has 2 aliphatic rings. The van der Waals surface area contributed by atoms with Gasteiger partial charge in [0.15, 0.2) is 0 Å². The van der Waals surface area contributed by atoms with Gasteiger partial charge in [0.2, 0.25) is 15.9 Å². The summed E-state index contributed by atoms with van der Waals surface area (Å²) in [5, 5.41) is 2.06. The van der Waals surface area contributed by atoms with Gasteiger partial charge in [-0.2, -0.15) is 4.31 Å². The molecule has 0 aliphatic carbocycles. The van der Waals surface area contributed by atoms with Gasteiger partial charge in [0.1, 0.15) is 10.7 Å². The monoisotopic (exact) mass is 437 g/mol. The zero-order valence-corrected chi connectivity index (χ0v) is 17.7. The number of likely N-dealkylation sites (tertiary alicyclic amines) is 1. The van der Waals surface area contributed by atoms with Crippen LogP contribution in [0.25, 0.3) is 0 Å². The number of sulfonamides is 1. The number of rotatable bonds is 5. The lowest BCUT2D eigenvalue weighted by Crippen LogP contribution is -2.52. The number of hydrogen-bond acceptors (Lipinski definition) is 5. The predicted octanol–water partition coefficient (Wildman–Crippen LogP) is 2.56. The van der Waals surface area contributed by atoms with Crippen molar-refractivity contribution in [2.45, 2.75) is 23.8 Å². The summed E-state index contributed by atoms with van der Waals surface area (Å²) < 4.78 is 40.6. The molecular weight excluding hydrogens is 413 g/mol. The van der Waals surface area contributed by atoms with E-state index in [-0.39, 0.29) is 23.9 Å². The van der Waals surface area contributed by atoms with Crippen molar-refractivity contribution in [1.29, 1.82) is 0 Å². The SMILES string of the molecule is O=C(CN1CCC[C@@H]1c1cccs1)N1CCN(S(=O)(=O)c2ccccc2F)CC1. The number of benzene rings is 1. The van der Waals surface area contributed by atoms with Gasteiger partial charge in [-0.3, -0.25) is 9.69 Å². The van der Waals surface area contributed by atoms with Gasteiger partial charge in [-0.15, -0.1) is 11.3 Å². The Kier molecular flexibility index (Phi) is 6.00. The number of halogens is 1. The highest BCUT2D eigenvalue weighted by Crippen LogP contribution is 2.34. The molecular formula is C20H24FN3O3S2. The first-order valence-corrected chi connectivity index (χ1v) is 12.1. The van der Waals surface area contributed by atoms with Gasteiger partial charge < -0.3 is 4.90 Å². The lowest BCUT2D eigenvalue weighted by atomic mass is 10.2. The molecule has 2 fully saturated rings. The quantitative estimate of drug-likeness (QED) is 0.721. The average Bonchev–Trinajstić information content (AvgIpc) is 3.40. The standard InChI is InChI=1S/C20H24FN3O3S2/c21-16-5-1-2-8-19(16)29(26,27)24-12-10-22(11-13-24)20(25)15-23-9-3-6-17(23)18-7-4-14-28-18/h1-2,4-5,7-8,14,17H,3,6,9-13,15H2/t17-/m1/s1. The molecule has 6 nitrogen and oxygen atoms in total. The molecule has 2 saturated heterocycles. The first kappa shape index (κ1) is 20.5. The molecule has 1 aromatic heterocycles. The third kappa shape index (κ3) is 4.23. The normalized spacial score (nSPS) is 21.6. The minimum atomic E-state index is -3.89. The lowest BCUT2D eigenvalue weighted by Gasteiger charge is -2.35. The van der Waals surface area contributed by atoms with Crippen LogP contribution >= 0.6 is 11.3 Å². The Bertz CT molecular complexity index is 957. The highest BCUT2D eigenvalue weighted by Gasteiger charge is 2.34. The zero-order chi connectivity index (χ0) is 20.4. The maximum Gasteiger partial charge on any atom is 0.246 e. The Morgan fingerprint density at radius 2 is 1.83 bits per heavy atom. The van der Waals surface area contributed by atoms with Crippen LogP contribution in [-0.2, 0) is 14.8 Å². The summed E-state index contributed by atoms with van der Waals surface area (Å²) in [5.41, 5.74) is 0. The third-order valence-corrected chi connectivity index (χ3v) is 8.52. The summed E-state index contributed by atoms with van der Waals surface area (Å²) in [5.74, 6) is -0.726. The van der Waals surface area contributed by atoms with E-state index < -0.39 is 15.8 Å². The van der Waals surface area contributed by atoms with E-state index in [2.05, 4.69) is 16.3 Å². The highest BCUT2D eigenvalue weighted by atomic mass is 32.2. The summed E-state index contributed by atoms with van der Waals surface area (Å²) >= 11 is 1.72. The Balaban J connectivity index is 1.36. The van der Waals surface area contributed by atoms with Crippen LogP contribution in [0.15, 0.2) is 46.7 Å². The van der Waals surface area contributed by atoms with Crippen LogP contribution in [0.4, 0.5) is 4.39 Å². The Labute approximate surface area is 174 Å². The molecule has 4 rings (SSSR count). The summed E-state index contributed by atoms with van der Waals surface area (Å²) in [4.78, 5) is 17.7. The number of thiophene rings is 1. The number of piperazine rings is 1. The Hall–Kier alpha value is -1.81. The molecule has 1 amide bonds. The molecule has 3 heterocycles. The molecule has 1 atom stereocenters. The zero-order valence-electron chi connectivity index (χ0n) is 16.0. The molecule has 0 radical (unpaired) electrons. The van der Waals surface area contributed by atoms with Crippen LogP contribution in [0.5, 0.6) is 0 Å². The van der Waals surface area contributed by atoms with Gasteiger partial charge in [0.25, 0.3) is 0 Å². The molecule has 29 heavy (non-hydrogen) atoms. The van der Waals surface area contributed by atoms with Crippen molar-refractivity contribution in [2.75, 3.05) is 39.3 Å². The van der Waals surface area contributed by atoms with Crippen molar-refractivity contribution >= 4 is 27.3 Å². The Morgan fingerprint density at radius 1 is 1.07 bits per heavy atom. The van der Waals surface area contributed by atoms with Crippen LogP contribution in [0, 0.1) is 5.82 Å². The van der Waals surface area contributed by atoms with E-state index in [1.54, 1.807) is 16.2 Å². The van der Waals surface area contributed by atoms with E-state index in [0.29, 0.717) is 25.7 Å². The topological polar surface area (TPSA) is 60.9 Å². The molecule has 2 aliphatic heterocycles. The second-order valence-electron chi connectivity index (χ2n) is 7.36. The number of carbonyl (C=O) groups excluding carboxylic acids is 1. The van der Waals surface area contributed by atoms with Crippen LogP contribution in [0.1, 0.15) is 23.8 Å². The number of carbonyl (C=O) groups is 1. The minimum Gasteiger partial charge on any atom is -0.339 e. The second kappa shape index (κ2) is 8.51. The van der Waals surface area contributed by atoms with E-state index >= 15 is 0 Å². The first-order chi connectivity index (χ1) is 14.0. The highest BCUT2D eigenvalue weighted by molar-refractivity contribution is 7.89. The van der Waals surface area contributed by atoms with Gasteiger partial charge >= 0.3 is 0 Å². The van der Waals surface area contributed by atoms with Crippen molar-refractivity contribution in [2.24, 2.45) is 0 Å². The second-order valence-corrected chi connectivity index (χ2v) is 10.2. The van der Waals surface area contributed by atoms with E-state index in [4.69, 9.17) is 0 Å². The van der Waals surface area contributed by atoms with Gasteiger partial charge in [-0.05, 0) is 43.0 Å². The molecule has 0 saturated carbocycles. The summed E-state index contributed by atoms with van der Waals surface area (Å²) in [6.07, 6.45) is 2.13. The third-order valence-electron chi connectivity index (χ3n) is 5.62. The van der Waals surface area contributed by atoms with Crippen molar-refractivity contribution in [1.82, 2.24) is 14.1 Å². The molecule has 0 bridgehead atoms. The fourth-order valence-corrected chi connectivity index (χ4v) is 6.45. The van der Waals surface area contributed by atoms with Crippen LogP contribution < -0.4 is 0 Å². The van der Waals surface area contributed by atoms with Gasteiger partial charge in [-0.25, -0.2) is 12.8 Å². The largest absolute Gasteiger partial charge is 0.339 e. The van der Waals surface area contributed by atoms with Gasteiger partial charge in [-0.1, -0.05) is 18.2 Å². The summed E-state index contributed by atoms with van der Waals surface area (Å²) in [6.45, 7) is 2.25. The lowest BCUT2D eigenvalue weighted by molar-refractivity contribution is -0.133. The summed E-state index contributed by atoms with van der Waals surface area (Å²) in [7, 11) is -3.89. The molecule has 2 aromatic rings. The van der Waals surface area contributed by atoms with E-state index in [1.807, 2.05) is 6.07 Å². The molecule has 1 aromatic carbocycles. The first-order valence-electron chi connectivity index (χ1n) is 9.77. The van der Waals surface area contributed by atoms with Gasteiger partial charge in [0.05, 0.1) is 6.54 Å². The maximum atomic E-state index is 14.0. The van der Waals surface area contributed by atoms with E-state index in [0.717, 1.165) is 25.5 Å². The molecule has 156 valence electrons. The predicted molar refractivity (Wildman–Crippen MR) is 110 cm³/mol. The van der Waals surface area contributed by atoms with E-state index in [9.17, 15) is 17.6 Å². The molecule has 0 unspecified atom stereocenters. The number of amides is 1. The number of hydrogen-bond donors (Lipinski definition) is 0. The fourth-order valence-electron chi connectivity index (χ4n) is 4.06. The van der Waals surface area contributed by atoms with Crippen LogP contribution in [-0.4, -0.2) is 67.7 Å². The van der Waals surface area contributed by atoms with Crippen molar-refractivity contribution in [3.63, 3.8) is 0 Å². The smallest absolute Gasteiger partial charge is 0.246 e. The minimum absolute atomic E-state index is 0.0244. The van der Waals surface area contributed by atoms with Crippen molar-refractivity contribution in [3.05, 3.63) is 52.5 Å². The summed E-state index contributed by atoms with van der Waals surface area (Å²) in [6, 6.07) is 9.84. The molecule has 9 heteroatoms. The van der Waals surface area contributed by atoms with Crippen molar-refractivity contribution in [3.8, 4) is 0 Å². The van der Waals surface area contributed by atoms with Crippen LogP contribution in [0.2, 0.25) is 0 Å². The van der Waals surface area contributed by atoms with Gasteiger partial charge in [0, 0.05) is 37.1 Å². The molecule has 0 N–H and O–H groups in total. The Morgan fingerprint density at radius 3 is 2.52 bits per heavy atom. The van der Waals surface area contributed by atoms with E-state index in [1.165, 1.54) is 27.4 Å². The van der Waals surface area contributed by atoms with Crippen LogP contribution in [0.3, 0.4) is 0 Å². The fraction of sp³-hybridized carbons (Fsp3) is 0.450. The average molecular weight is 438 g/mol. The maximum absolute atomic E-state index is 14.0.